The van der Waals surface area contributed by atoms with Crippen LogP contribution >= 0.6 is 0 Å². The van der Waals surface area contributed by atoms with Gasteiger partial charge in [0.05, 0.1) is 17.2 Å². The van der Waals surface area contributed by atoms with Crippen molar-refractivity contribution in [2.24, 2.45) is 5.41 Å². The van der Waals surface area contributed by atoms with Gasteiger partial charge in [-0.25, -0.2) is 0 Å². The van der Waals surface area contributed by atoms with E-state index in [1.165, 1.54) is 11.1 Å². The summed E-state index contributed by atoms with van der Waals surface area (Å²) in [5.74, 6) is 0. The summed E-state index contributed by atoms with van der Waals surface area (Å²) in [5.41, 5.74) is 2.29. The van der Waals surface area contributed by atoms with E-state index in [0.717, 1.165) is 18.7 Å². The molecule has 0 spiro atoms. The third kappa shape index (κ3) is 2.24. The number of aliphatic hydroxyl groups is 1. The maximum absolute atomic E-state index is 10.9. The van der Waals surface area contributed by atoms with Crippen molar-refractivity contribution in [3.05, 3.63) is 53.3 Å². The first-order valence-corrected chi connectivity index (χ1v) is 7.38. The Morgan fingerprint density at radius 2 is 2.00 bits per heavy atom. The van der Waals surface area contributed by atoms with Crippen LogP contribution in [0.15, 0.2) is 36.5 Å². The van der Waals surface area contributed by atoms with Crippen LogP contribution in [0.2, 0.25) is 0 Å². The molecule has 1 aromatic heterocycles. The Morgan fingerprint density at radius 1 is 1.33 bits per heavy atom. The van der Waals surface area contributed by atoms with Gasteiger partial charge in [-0.15, -0.1) is 0 Å². The fraction of sp³-hybridized carbons (Fsp3) is 0.412. The van der Waals surface area contributed by atoms with Gasteiger partial charge in [-0.2, -0.15) is 10.4 Å². The summed E-state index contributed by atoms with van der Waals surface area (Å²) < 4.78 is 1.81. The Hall–Kier alpha value is -2.12. The molecule has 1 aromatic carbocycles. The van der Waals surface area contributed by atoms with Crippen molar-refractivity contribution in [3.8, 4) is 6.07 Å². The Kier molecular flexibility index (Phi) is 3.52. The van der Waals surface area contributed by atoms with E-state index < -0.39 is 11.5 Å². The maximum atomic E-state index is 10.9. The Morgan fingerprint density at radius 3 is 2.57 bits per heavy atom. The van der Waals surface area contributed by atoms with Crippen molar-refractivity contribution >= 4 is 0 Å². The van der Waals surface area contributed by atoms with Gasteiger partial charge < -0.3 is 5.11 Å². The zero-order valence-electron chi connectivity index (χ0n) is 12.2. The molecule has 4 heteroatoms. The third-order valence-electron chi connectivity index (χ3n) is 4.34. The molecule has 1 aliphatic carbocycles. The largest absolute Gasteiger partial charge is 0.385 e. The van der Waals surface area contributed by atoms with E-state index in [9.17, 15) is 10.4 Å². The SMILES string of the molecule is CCCn1nccc1C(O)C1(C#N)Cc2ccccc2C1. The number of rotatable bonds is 4. The van der Waals surface area contributed by atoms with Crippen LogP contribution in [0.1, 0.15) is 36.3 Å². The second kappa shape index (κ2) is 5.34. The van der Waals surface area contributed by atoms with Gasteiger partial charge in [0.2, 0.25) is 0 Å². The Bertz CT molecular complexity index is 658. The summed E-state index contributed by atoms with van der Waals surface area (Å²) in [4.78, 5) is 0. The van der Waals surface area contributed by atoms with Crippen LogP contribution in [0.25, 0.3) is 0 Å². The summed E-state index contributed by atoms with van der Waals surface area (Å²) >= 11 is 0. The highest BCUT2D eigenvalue weighted by Crippen LogP contribution is 2.45. The summed E-state index contributed by atoms with van der Waals surface area (Å²) in [6.07, 6.45) is 3.02. The van der Waals surface area contributed by atoms with Gasteiger partial charge in [0.15, 0.2) is 0 Å². The molecule has 0 radical (unpaired) electrons. The second-order valence-corrected chi connectivity index (χ2v) is 5.77. The number of fused-ring (bicyclic) bond motifs is 1. The van der Waals surface area contributed by atoms with Crippen molar-refractivity contribution in [1.82, 2.24) is 9.78 Å². The molecule has 0 saturated carbocycles. The minimum Gasteiger partial charge on any atom is -0.385 e. The van der Waals surface area contributed by atoms with Crippen molar-refractivity contribution in [3.63, 3.8) is 0 Å². The number of nitrogens with zero attached hydrogens (tertiary/aromatic N) is 3. The maximum Gasteiger partial charge on any atom is 0.115 e. The molecule has 0 bridgehead atoms. The molecule has 1 unspecified atom stereocenters. The van der Waals surface area contributed by atoms with Crippen LogP contribution in [0.3, 0.4) is 0 Å². The van der Waals surface area contributed by atoms with Crippen LogP contribution in [0.5, 0.6) is 0 Å². The summed E-state index contributed by atoms with van der Waals surface area (Å²) in [7, 11) is 0. The molecule has 0 amide bonds. The average Bonchev–Trinajstić information content (AvgIpc) is 3.11. The Labute approximate surface area is 124 Å². The highest BCUT2D eigenvalue weighted by Gasteiger charge is 2.45. The third-order valence-corrected chi connectivity index (χ3v) is 4.34. The highest BCUT2D eigenvalue weighted by molar-refractivity contribution is 5.39. The molecule has 21 heavy (non-hydrogen) atoms. The van der Waals surface area contributed by atoms with E-state index in [0.29, 0.717) is 12.8 Å². The van der Waals surface area contributed by atoms with Crippen LogP contribution in [-0.4, -0.2) is 14.9 Å². The molecular formula is C17H19N3O. The first-order chi connectivity index (χ1) is 10.2. The zero-order valence-corrected chi connectivity index (χ0v) is 12.2. The Balaban J connectivity index is 1.95. The molecule has 1 aliphatic rings. The topological polar surface area (TPSA) is 61.8 Å². The van der Waals surface area contributed by atoms with Crippen LogP contribution in [0.4, 0.5) is 0 Å². The van der Waals surface area contributed by atoms with E-state index in [1.54, 1.807) is 6.20 Å². The molecule has 1 N–H and O–H groups in total. The molecule has 1 heterocycles. The first-order valence-electron chi connectivity index (χ1n) is 7.38. The first kappa shape index (κ1) is 13.8. The fourth-order valence-corrected chi connectivity index (χ4v) is 3.24. The summed E-state index contributed by atoms with van der Waals surface area (Å²) in [6.45, 7) is 2.83. The fourth-order valence-electron chi connectivity index (χ4n) is 3.24. The minimum absolute atomic E-state index is 0.595. The molecule has 0 aliphatic heterocycles. The van der Waals surface area contributed by atoms with Crippen LogP contribution in [-0.2, 0) is 19.4 Å². The van der Waals surface area contributed by atoms with Gasteiger partial charge in [-0.3, -0.25) is 4.68 Å². The van der Waals surface area contributed by atoms with Crippen molar-refractivity contribution in [2.75, 3.05) is 0 Å². The van der Waals surface area contributed by atoms with Gasteiger partial charge >= 0.3 is 0 Å². The van der Waals surface area contributed by atoms with Gasteiger partial charge in [0.1, 0.15) is 6.10 Å². The minimum atomic E-state index is -0.816. The molecular weight excluding hydrogens is 262 g/mol. The number of hydrogen-bond acceptors (Lipinski definition) is 3. The highest BCUT2D eigenvalue weighted by atomic mass is 16.3. The van der Waals surface area contributed by atoms with E-state index in [-0.39, 0.29) is 0 Å². The molecule has 0 saturated heterocycles. The van der Waals surface area contributed by atoms with E-state index in [4.69, 9.17) is 0 Å². The van der Waals surface area contributed by atoms with Crippen molar-refractivity contribution in [2.45, 2.75) is 38.8 Å². The molecule has 0 fully saturated rings. The number of hydrogen-bond donors (Lipinski definition) is 1. The number of nitriles is 1. The summed E-state index contributed by atoms with van der Waals surface area (Å²) in [6, 6.07) is 12.3. The van der Waals surface area contributed by atoms with Gasteiger partial charge in [0, 0.05) is 12.7 Å². The smallest absolute Gasteiger partial charge is 0.115 e. The van der Waals surface area contributed by atoms with Gasteiger partial charge in [-0.05, 0) is 36.5 Å². The van der Waals surface area contributed by atoms with Gasteiger partial charge in [0.25, 0.3) is 0 Å². The lowest BCUT2D eigenvalue weighted by Crippen LogP contribution is -2.30. The lowest BCUT2D eigenvalue weighted by atomic mass is 9.79. The number of aryl methyl sites for hydroxylation is 1. The van der Waals surface area contributed by atoms with Crippen molar-refractivity contribution in [1.29, 1.82) is 5.26 Å². The van der Waals surface area contributed by atoms with E-state index >= 15 is 0 Å². The summed E-state index contributed by atoms with van der Waals surface area (Å²) in [5, 5.41) is 24.9. The van der Waals surface area contributed by atoms with E-state index in [1.807, 2.05) is 35.0 Å². The predicted octanol–water partition coefficient (Wildman–Crippen LogP) is 2.64. The lowest BCUT2D eigenvalue weighted by molar-refractivity contribution is 0.0610. The van der Waals surface area contributed by atoms with E-state index in [2.05, 4.69) is 18.1 Å². The average molecular weight is 281 g/mol. The monoisotopic (exact) mass is 281 g/mol. The number of benzene rings is 1. The van der Waals surface area contributed by atoms with Crippen molar-refractivity contribution < 1.29 is 5.11 Å². The molecule has 2 aromatic rings. The quantitative estimate of drug-likeness (QED) is 0.937. The molecule has 4 nitrogen and oxygen atoms in total. The molecule has 108 valence electrons. The van der Waals surface area contributed by atoms with Crippen LogP contribution in [0, 0.1) is 16.7 Å². The zero-order chi connectivity index (χ0) is 14.9. The number of aromatic nitrogens is 2. The standard InChI is InChI=1S/C17H19N3O/c1-2-9-20-15(7-8-19-20)16(21)17(12-18)10-13-5-3-4-6-14(13)11-17/h3-8,16,21H,2,9-11H2,1H3. The predicted molar refractivity (Wildman–Crippen MR) is 79.4 cm³/mol. The molecule has 3 rings (SSSR count). The lowest BCUT2D eigenvalue weighted by Gasteiger charge is -2.27. The van der Waals surface area contributed by atoms with Crippen LogP contribution < -0.4 is 0 Å². The number of aliphatic hydroxyl groups excluding tert-OH is 1. The van der Waals surface area contributed by atoms with Gasteiger partial charge in [-0.1, -0.05) is 31.2 Å². The second-order valence-electron chi connectivity index (χ2n) is 5.77. The molecule has 1 atom stereocenters. The normalized spacial score (nSPS) is 17.2.